The lowest BCUT2D eigenvalue weighted by Gasteiger charge is -2.07. The summed E-state index contributed by atoms with van der Waals surface area (Å²) in [5.74, 6) is 2.23. The maximum Gasteiger partial charge on any atom is 0.185 e. The number of benzene rings is 2. The highest BCUT2D eigenvalue weighted by atomic mass is 16.5. The van der Waals surface area contributed by atoms with E-state index in [1.165, 1.54) is 0 Å². The van der Waals surface area contributed by atoms with Gasteiger partial charge < -0.3 is 14.0 Å². The van der Waals surface area contributed by atoms with Crippen molar-refractivity contribution in [1.29, 1.82) is 0 Å². The molecule has 0 spiro atoms. The number of imidazole rings is 1. The van der Waals surface area contributed by atoms with Gasteiger partial charge in [0.2, 0.25) is 0 Å². The molecule has 138 valence electrons. The molecule has 5 nitrogen and oxygen atoms in total. The SMILES string of the molecule is CCOc1ccccc1/C=C/C(=O)c1ccc(OCc2nccn2C)cc1. The van der Waals surface area contributed by atoms with Crippen LogP contribution < -0.4 is 9.47 Å². The second kappa shape index (κ2) is 8.85. The molecule has 0 unspecified atom stereocenters. The molecular weight excluding hydrogens is 340 g/mol. The molecule has 0 radical (unpaired) electrons. The molecule has 0 amide bonds. The molecule has 0 fully saturated rings. The maximum absolute atomic E-state index is 12.4. The largest absolute Gasteiger partial charge is 0.493 e. The zero-order valence-electron chi connectivity index (χ0n) is 15.5. The Hall–Kier alpha value is -3.34. The van der Waals surface area contributed by atoms with E-state index in [4.69, 9.17) is 9.47 Å². The first kappa shape index (κ1) is 18.5. The van der Waals surface area contributed by atoms with E-state index in [0.717, 1.165) is 17.1 Å². The van der Waals surface area contributed by atoms with Gasteiger partial charge in [0.1, 0.15) is 23.9 Å². The van der Waals surface area contributed by atoms with Crippen LogP contribution in [-0.4, -0.2) is 21.9 Å². The average Bonchev–Trinajstić information content (AvgIpc) is 3.11. The van der Waals surface area contributed by atoms with Gasteiger partial charge in [-0.1, -0.05) is 18.2 Å². The lowest BCUT2D eigenvalue weighted by molar-refractivity contribution is 0.104. The summed E-state index contributed by atoms with van der Waals surface area (Å²) < 4.78 is 13.2. The Bertz CT molecular complexity index is 927. The predicted octanol–water partition coefficient (Wildman–Crippen LogP) is 4.29. The first-order chi connectivity index (χ1) is 13.2. The fourth-order valence-electron chi connectivity index (χ4n) is 2.57. The summed E-state index contributed by atoms with van der Waals surface area (Å²) in [5.41, 5.74) is 1.48. The van der Waals surface area contributed by atoms with Crippen molar-refractivity contribution in [3.63, 3.8) is 0 Å². The lowest BCUT2D eigenvalue weighted by Crippen LogP contribution is -2.03. The zero-order chi connectivity index (χ0) is 19.1. The van der Waals surface area contributed by atoms with Crippen LogP contribution in [0.1, 0.15) is 28.7 Å². The van der Waals surface area contributed by atoms with Gasteiger partial charge in [-0.05, 0) is 49.4 Å². The van der Waals surface area contributed by atoms with Crippen LogP contribution in [0.3, 0.4) is 0 Å². The summed E-state index contributed by atoms with van der Waals surface area (Å²) in [6.07, 6.45) is 6.94. The molecule has 1 heterocycles. The van der Waals surface area contributed by atoms with Crippen molar-refractivity contribution in [3.8, 4) is 11.5 Å². The van der Waals surface area contributed by atoms with Crippen LogP contribution in [0, 0.1) is 0 Å². The number of aryl methyl sites for hydroxylation is 1. The van der Waals surface area contributed by atoms with Gasteiger partial charge in [0, 0.05) is 30.6 Å². The third kappa shape index (κ3) is 4.85. The smallest absolute Gasteiger partial charge is 0.185 e. The van der Waals surface area contributed by atoms with Gasteiger partial charge in [0.15, 0.2) is 5.78 Å². The molecule has 0 aliphatic carbocycles. The Morgan fingerprint density at radius 3 is 2.59 bits per heavy atom. The number of hydrogen-bond acceptors (Lipinski definition) is 4. The van der Waals surface area contributed by atoms with E-state index in [9.17, 15) is 4.79 Å². The monoisotopic (exact) mass is 362 g/mol. The number of hydrogen-bond donors (Lipinski definition) is 0. The fraction of sp³-hybridized carbons (Fsp3) is 0.182. The Balaban J connectivity index is 1.63. The second-order valence-electron chi connectivity index (χ2n) is 5.94. The van der Waals surface area contributed by atoms with E-state index in [-0.39, 0.29) is 5.78 Å². The minimum Gasteiger partial charge on any atom is -0.493 e. The number of rotatable bonds is 8. The summed E-state index contributed by atoms with van der Waals surface area (Å²) in [6, 6.07) is 14.7. The molecule has 3 rings (SSSR count). The Labute approximate surface area is 158 Å². The molecule has 5 heteroatoms. The Morgan fingerprint density at radius 1 is 1.11 bits per heavy atom. The first-order valence-corrected chi connectivity index (χ1v) is 8.80. The molecule has 27 heavy (non-hydrogen) atoms. The number of aromatic nitrogens is 2. The van der Waals surface area contributed by atoms with Crippen molar-refractivity contribution in [2.45, 2.75) is 13.5 Å². The van der Waals surface area contributed by atoms with Crippen molar-refractivity contribution >= 4 is 11.9 Å². The Morgan fingerprint density at radius 2 is 1.89 bits per heavy atom. The minimum atomic E-state index is -0.0723. The lowest BCUT2D eigenvalue weighted by atomic mass is 10.1. The summed E-state index contributed by atoms with van der Waals surface area (Å²) in [5, 5.41) is 0. The number of ether oxygens (including phenoxy) is 2. The summed E-state index contributed by atoms with van der Waals surface area (Å²) in [6.45, 7) is 2.90. The number of carbonyl (C=O) groups excluding carboxylic acids is 1. The summed E-state index contributed by atoms with van der Waals surface area (Å²) in [4.78, 5) is 16.6. The molecule has 0 aliphatic rings. The third-order valence-corrected chi connectivity index (χ3v) is 4.06. The van der Waals surface area contributed by atoms with Gasteiger partial charge in [-0.3, -0.25) is 4.79 Å². The first-order valence-electron chi connectivity index (χ1n) is 8.80. The normalized spacial score (nSPS) is 10.9. The van der Waals surface area contributed by atoms with E-state index in [2.05, 4.69) is 4.98 Å². The van der Waals surface area contributed by atoms with Crippen molar-refractivity contribution in [2.24, 2.45) is 7.05 Å². The Kier molecular flexibility index (Phi) is 6.05. The van der Waals surface area contributed by atoms with E-state index < -0.39 is 0 Å². The molecule has 0 saturated heterocycles. The van der Waals surface area contributed by atoms with Crippen LogP contribution in [0.2, 0.25) is 0 Å². The van der Waals surface area contributed by atoms with Crippen molar-refractivity contribution in [2.75, 3.05) is 6.61 Å². The molecule has 1 aromatic heterocycles. The molecular formula is C22H22N2O3. The van der Waals surface area contributed by atoms with Gasteiger partial charge in [-0.15, -0.1) is 0 Å². The number of allylic oxidation sites excluding steroid dienone is 1. The van der Waals surface area contributed by atoms with E-state index in [0.29, 0.717) is 24.5 Å². The molecule has 0 aliphatic heterocycles. The van der Waals surface area contributed by atoms with Crippen molar-refractivity contribution in [3.05, 3.63) is 84.0 Å². The van der Waals surface area contributed by atoms with Crippen LogP contribution in [0.4, 0.5) is 0 Å². The molecule has 0 atom stereocenters. The number of para-hydroxylation sites is 1. The second-order valence-corrected chi connectivity index (χ2v) is 5.94. The highest BCUT2D eigenvalue weighted by Crippen LogP contribution is 2.20. The molecule has 0 saturated carbocycles. The summed E-state index contributed by atoms with van der Waals surface area (Å²) in [7, 11) is 1.92. The average molecular weight is 362 g/mol. The van der Waals surface area contributed by atoms with Gasteiger partial charge in [-0.25, -0.2) is 4.98 Å². The molecule has 0 N–H and O–H groups in total. The quantitative estimate of drug-likeness (QED) is 0.443. The van der Waals surface area contributed by atoms with Crippen LogP contribution in [-0.2, 0) is 13.7 Å². The summed E-state index contributed by atoms with van der Waals surface area (Å²) >= 11 is 0. The van der Waals surface area contributed by atoms with E-state index >= 15 is 0 Å². The van der Waals surface area contributed by atoms with Crippen LogP contribution in [0.25, 0.3) is 6.08 Å². The van der Waals surface area contributed by atoms with Gasteiger partial charge >= 0.3 is 0 Å². The maximum atomic E-state index is 12.4. The minimum absolute atomic E-state index is 0.0723. The highest BCUT2D eigenvalue weighted by molar-refractivity contribution is 6.07. The zero-order valence-corrected chi connectivity index (χ0v) is 15.5. The van der Waals surface area contributed by atoms with Crippen LogP contribution in [0.15, 0.2) is 67.0 Å². The van der Waals surface area contributed by atoms with E-state index in [1.54, 1.807) is 42.6 Å². The molecule has 2 aromatic carbocycles. The van der Waals surface area contributed by atoms with Crippen LogP contribution in [0.5, 0.6) is 11.5 Å². The third-order valence-electron chi connectivity index (χ3n) is 4.06. The van der Waals surface area contributed by atoms with Gasteiger partial charge in [0.05, 0.1) is 6.61 Å². The fourth-order valence-corrected chi connectivity index (χ4v) is 2.57. The van der Waals surface area contributed by atoms with Crippen LogP contribution >= 0.6 is 0 Å². The van der Waals surface area contributed by atoms with Gasteiger partial charge in [0.25, 0.3) is 0 Å². The molecule has 3 aromatic rings. The topological polar surface area (TPSA) is 53.4 Å². The number of carbonyl (C=O) groups is 1. The predicted molar refractivity (Wildman–Crippen MR) is 105 cm³/mol. The highest BCUT2D eigenvalue weighted by Gasteiger charge is 2.05. The van der Waals surface area contributed by atoms with Crippen molar-refractivity contribution < 1.29 is 14.3 Å². The van der Waals surface area contributed by atoms with Crippen molar-refractivity contribution in [1.82, 2.24) is 9.55 Å². The molecule has 0 bridgehead atoms. The number of nitrogens with zero attached hydrogens (tertiary/aromatic N) is 2. The van der Waals surface area contributed by atoms with E-state index in [1.807, 2.05) is 49.0 Å². The van der Waals surface area contributed by atoms with Gasteiger partial charge in [-0.2, -0.15) is 0 Å². The standard InChI is InChI=1S/C22H22N2O3/c1-3-26-21-7-5-4-6-18(21)10-13-20(25)17-8-11-19(12-9-17)27-16-22-23-14-15-24(22)2/h4-15H,3,16H2,1-2H3/b13-10+. The number of ketones is 1.